The number of amides is 2. The number of para-hydroxylation sites is 1. The van der Waals surface area contributed by atoms with Gasteiger partial charge in [0.15, 0.2) is 11.6 Å². The zero-order valence-corrected chi connectivity index (χ0v) is 18.5. The van der Waals surface area contributed by atoms with E-state index in [1.54, 1.807) is 18.2 Å². The molecule has 3 aromatic rings. The summed E-state index contributed by atoms with van der Waals surface area (Å²) in [7, 11) is 0. The van der Waals surface area contributed by atoms with Crippen molar-refractivity contribution >= 4 is 29.3 Å². The van der Waals surface area contributed by atoms with Gasteiger partial charge >= 0.3 is 0 Å². The lowest BCUT2D eigenvalue weighted by Crippen LogP contribution is -2.34. The van der Waals surface area contributed by atoms with Crippen LogP contribution in [0.4, 0.5) is 10.1 Å². The minimum atomic E-state index is -0.458. The van der Waals surface area contributed by atoms with Crippen LogP contribution in [0.3, 0.4) is 0 Å². The molecule has 7 heteroatoms. The summed E-state index contributed by atoms with van der Waals surface area (Å²) in [5.41, 5.74) is 2.68. The molecule has 0 fully saturated rings. The van der Waals surface area contributed by atoms with Gasteiger partial charge in [0.05, 0.1) is 17.5 Å². The van der Waals surface area contributed by atoms with Crippen molar-refractivity contribution in [3.05, 3.63) is 95.8 Å². The van der Waals surface area contributed by atoms with E-state index in [9.17, 15) is 14.0 Å². The molecule has 0 unspecified atom stereocenters. The first-order chi connectivity index (χ1) is 15.5. The second-order valence-corrected chi connectivity index (χ2v) is 8.16. The molecule has 0 bridgehead atoms. The number of thioether (sulfide) groups is 1. The lowest BCUT2D eigenvalue weighted by Gasteiger charge is -2.20. The van der Waals surface area contributed by atoms with Gasteiger partial charge in [-0.05, 0) is 36.8 Å². The van der Waals surface area contributed by atoms with E-state index in [1.807, 2.05) is 61.5 Å². The molecule has 0 saturated heterocycles. The van der Waals surface area contributed by atoms with E-state index in [4.69, 9.17) is 4.74 Å². The maximum Gasteiger partial charge on any atom is 0.234 e. The Bertz CT molecular complexity index is 1030. The van der Waals surface area contributed by atoms with Gasteiger partial charge in [-0.25, -0.2) is 4.39 Å². The van der Waals surface area contributed by atoms with Crippen molar-refractivity contribution in [3.63, 3.8) is 0 Å². The molecule has 166 valence electrons. The molecule has 0 aliphatic heterocycles. The number of hydrogen-bond acceptors (Lipinski definition) is 4. The van der Waals surface area contributed by atoms with Crippen molar-refractivity contribution in [2.75, 3.05) is 23.4 Å². The molecule has 3 rings (SSSR count). The van der Waals surface area contributed by atoms with E-state index in [1.165, 1.54) is 17.8 Å². The van der Waals surface area contributed by atoms with Crippen LogP contribution in [0.25, 0.3) is 0 Å². The molecule has 2 amide bonds. The summed E-state index contributed by atoms with van der Waals surface area (Å²) in [5, 5.41) is 5.72. The number of anilines is 1. The molecule has 0 saturated carbocycles. The Morgan fingerprint density at radius 1 is 0.906 bits per heavy atom. The predicted molar refractivity (Wildman–Crippen MR) is 126 cm³/mol. The van der Waals surface area contributed by atoms with Crippen LogP contribution in [0, 0.1) is 12.7 Å². The Morgan fingerprint density at radius 3 is 2.28 bits per heavy atom. The van der Waals surface area contributed by atoms with Crippen molar-refractivity contribution in [1.82, 2.24) is 5.32 Å². The third-order valence-corrected chi connectivity index (χ3v) is 5.51. The Balaban J connectivity index is 1.50. The standard InChI is InChI=1S/C25H25FN2O3S/c1-18-11-13-20(14-12-18)27-24(29)16-32-17-25(30)28-22(19-7-3-2-4-8-19)15-31-23-10-6-5-9-21(23)26/h2-14,22H,15-17H2,1H3,(H,27,29)(H,28,30)/t22-/m0/s1. The summed E-state index contributed by atoms with van der Waals surface area (Å²) in [4.78, 5) is 24.6. The molecule has 0 aliphatic carbocycles. The zero-order valence-electron chi connectivity index (χ0n) is 17.7. The van der Waals surface area contributed by atoms with Gasteiger partial charge in [-0.1, -0.05) is 60.2 Å². The predicted octanol–water partition coefficient (Wildman–Crippen LogP) is 4.74. The van der Waals surface area contributed by atoms with Crippen molar-refractivity contribution in [2.45, 2.75) is 13.0 Å². The Hall–Kier alpha value is -3.32. The monoisotopic (exact) mass is 452 g/mol. The van der Waals surface area contributed by atoms with Gasteiger partial charge in [-0.2, -0.15) is 0 Å². The summed E-state index contributed by atoms with van der Waals surface area (Å²) >= 11 is 1.22. The molecule has 0 heterocycles. The first kappa shape index (κ1) is 23.3. The van der Waals surface area contributed by atoms with Crippen LogP contribution < -0.4 is 15.4 Å². The largest absolute Gasteiger partial charge is 0.488 e. The highest BCUT2D eigenvalue weighted by Gasteiger charge is 2.17. The molecule has 3 aromatic carbocycles. The van der Waals surface area contributed by atoms with Gasteiger partial charge in [-0.15, -0.1) is 11.8 Å². The molecule has 0 aliphatic rings. The minimum Gasteiger partial charge on any atom is -0.488 e. The number of benzene rings is 3. The molecule has 0 radical (unpaired) electrons. The maximum absolute atomic E-state index is 13.9. The van der Waals surface area contributed by atoms with Gasteiger partial charge in [-0.3, -0.25) is 9.59 Å². The highest BCUT2D eigenvalue weighted by Crippen LogP contribution is 2.19. The van der Waals surface area contributed by atoms with Gasteiger partial charge in [0.2, 0.25) is 11.8 Å². The van der Waals surface area contributed by atoms with Gasteiger partial charge in [0, 0.05) is 5.69 Å². The summed E-state index contributed by atoms with van der Waals surface area (Å²) in [6, 6.07) is 22.6. The van der Waals surface area contributed by atoms with Crippen molar-refractivity contribution in [3.8, 4) is 5.75 Å². The van der Waals surface area contributed by atoms with E-state index in [0.717, 1.165) is 16.8 Å². The molecular formula is C25H25FN2O3S. The van der Waals surface area contributed by atoms with E-state index in [0.29, 0.717) is 0 Å². The average Bonchev–Trinajstić information content (AvgIpc) is 2.79. The van der Waals surface area contributed by atoms with Gasteiger partial charge in [0.1, 0.15) is 6.61 Å². The fraction of sp³-hybridized carbons (Fsp3) is 0.200. The Labute approximate surface area is 191 Å². The topological polar surface area (TPSA) is 67.4 Å². The second kappa shape index (κ2) is 11.9. The zero-order chi connectivity index (χ0) is 22.8. The number of hydrogen-bond donors (Lipinski definition) is 2. The van der Waals surface area contributed by atoms with Crippen LogP contribution in [-0.2, 0) is 9.59 Å². The third kappa shape index (κ3) is 7.42. The quantitative estimate of drug-likeness (QED) is 0.466. The summed E-state index contributed by atoms with van der Waals surface area (Å²) in [5.74, 6) is -0.461. The molecule has 2 N–H and O–H groups in total. The van der Waals surface area contributed by atoms with E-state index in [2.05, 4.69) is 10.6 Å². The van der Waals surface area contributed by atoms with E-state index >= 15 is 0 Å². The number of carbonyl (C=O) groups excluding carboxylic acids is 2. The van der Waals surface area contributed by atoms with Crippen LogP contribution in [-0.4, -0.2) is 29.9 Å². The number of rotatable bonds is 10. The Kier molecular flexibility index (Phi) is 8.69. The average molecular weight is 453 g/mol. The number of nitrogens with one attached hydrogen (secondary N) is 2. The lowest BCUT2D eigenvalue weighted by molar-refractivity contribution is -0.119. The minimum absolute atomic E-state index is 0.0786. The molecule has 32 heavy (non-hydrogen) atoms. The van der Waals surface area contributed by atoms with Crippen molar-refractivity contribution in [2.24, 2.45) is 0 Å². The van der Waals surface area contributed by atoms with Crippen LogP contribution in [0.1, 0.15) is 17.2 Å². The SMILES string of the molecule is Cc1ccc(NC(=O)CSCC(=O)N[C@@H](COc2ccccc2F)c2ccccc2)cc1. The summed E-state index contributed by atoms with van der Waals surface area (Å²) in [6.07, 6.45) is 0. The molecule has 5 nitrogen and oxygen atoms in total. The first-order valence-electron chi connectivity index (χ1n) is 10.2. The normalized spacial score (nSPS) is 11.4. The maximum atomic E-state index is 13.9. The Morgan fingerprint density at radius 2 is 1.56 bits per heavy atom. The van der Waals surface area contributed by atoms with Crippen molar-refractivity contribution < 1.29 is 18.7 Å². The molecule has 0 spiro atoms. The highest BCUT2D eigenvalue weighted by atomic mass is 32.2. The first-order valence-corrected chi connectivity index (χ1v) is 11.3. The van der Waals surface area contributed by atoms with E-state index < -0.39 is 11.9 Å². The van der Waals surface area contributed by atoms with Gasteiger partial charge in [0.25, 0.3) is 0 Å². The second-order valence-electron chi connectivity index (χ2n) is 7.18. The lowest BCUT2D eigenvalue weighted by atomic mass is 10.1. The van der Waals surface area contributed by atoms with Crippen LogP contribution in [0.15, 0.2) is 78.9 Å². The third-order valence-electron chi connectivity index (χ3n) is 4.58. The number of halogens is 1. The fourth-order valence-corrected chi connectivity index (χ4v) is 3.58. The summed E-state index contributed by atoms with van der Waals surface area (Å²) < 4.78 is 19.5. The summed E-state index contributed by atoms with van der Waals surface area (Å²) in [6.45, 7) is 2.05. The van der Waals surface area contributed by atoms with Crippen LogP contribution in [0.5, 0.6) is 5.75 Å². The van der Waals surface area contributed by atoms with E-state index in [-0.39, 0.29) is 35.7 Å². The molecule has 0 aromatic heterocycles. The highest BCUT2D eigenvalue weighted by molar-refractivity contribution is 8.00. The van der Waals surface area contributed by atoms with Gasteiger partial charge < -0.3 is 15.4 Å². The number of ether oxygens (including phenoxy) is 1. The van der Waals surface area contributed by atoms with Crippen molar-refractivity contribution in [1.29, 1.82) is 0 Å². The number of aryl methyl sites for hydroxylation is 1. The van der Waals surface area contributed by atoms with Crippen LogP contribution in [0.2, 0.25) is 0 Å². The van der Waals surface area contributed by atoms with Crippen LogP contribution >= 0.6 is 11.8 Å². The smallest absolute Gasteiger partial charge is 0.234 e. The molecular weight excluding hydrogens is 427 g/mol. The number of carbonyl (C=O) groups is 2. The fourth-order valence-electron chi connectivity index (χ4n) is 2.95. The molecule has 1 atom stereocenters.